The van der Waals surface area contributed by atoms with Gasteiger partial charge in [-0.2, -0.15) is 5.10 Å². The normalized spacial score (nSPS) is 10.6. The fourth-order valence-electron chi connectivity index (χ4n) is 2.72. The number of benzene rings is 2. The van der Waals surface area contributed by atoms with Gasteiger partial charge in [-0.05, 0) is 38.1 Å². The largest absolute Gasteiger partial charge is 0.324 e. The third-order valence-corrected chi connectivity index (χ3v) is 4.17. The second kappa shape index (κ2) is 7.54. The Hall–Kier alpha value is -2.92. The molecule has 1 heterocycles. The van der Waals surface area contributed by atoms with Crippen LogP contribution in [0, 0.1) is 13.8 Å². The first-order valence-corrected chi connectivity index (χ1v) is 8.52. The predicted molar refractivity (Wildman–Crippen MR) is 102 cm³/mol. The summed E-state index contributed by atoms with van der Waals surface area (Å²) in [5.41, 5.74) is 3.06. The summed E-state index contributed by atoms with van der Waals surface area (Å²) in [6.45, 7) is 3.83. The predicted octanol–water partition coefficient (Wildman–Crippen LogP) is 4.02. The summed E-state index contributed by atoms with van der Waals surface area (Å²) < 4.78 is 1.62. The van der Waals surface area contributed by atoms with Gasteiger partial charge in [-0.3, -0.25) is 14.3 Å². The average Bonchev–Trinajstić information content (AvgIpc) is 2.93. The number of hydrogen-bond acceptors (Lipinski definition) is 3. The molecule has 0 saturated carbocycles. The van der Waals surface area contributed by atoms with Gasteiger partial charge in [-0.25, -0.2) is 0 Å². The molecule has 0 spiro atoms. The van der Waals surface area contributed by atoms with Crippen molar-refractivity contribution in [1.29, 1.82) is 0 Å². The highest BCUT2D eigenvalue weighted by Crippen LogP contribution is 2.24. The van der Waals surface area contributed by atoms with Crippen LogP contribution in [0.5, 0.6) is 0 Å². The molecule has 0 aliphatic heterocycles. The number of amides is 1. The topological polar surface area (TPSA) is 64.0 Å². The zero-order chi connectivity index (χ0) is 18.7. The Balaban J connectivity index is 1.85. The summed E-state index contributed by atoms with van der Waals surface area (Å²) in [4.78, 5) is 25.2. The molecule has 26 heavy (non-hydrogen) atoms. The standard InChI is InChI=1S/C20H18ClN3O2/c1-13-10-14(2)24(23-13)12-19(25)22-18-9-8-16(21)11-17(18)20(26)15-6-4-3-5-7-15/h3-11H,12H2,1-2H3,(H,22,25). The van der Waals surface area contributed by atoms with Crippen LogP contribution in [-0.2, 0) is 11.3 Å². The highest BCUT2D eigenvalue weighted by atomic mass is 35.5. The van der Waals surface area contributed by atoms with E-state index in [-0.39, 0.29) is 18.2 Å². The van der Waals surface area contributed by atoms with E-state index in [1.807, 2.05) is 26.0 Å². The van der Waals surface area contributed by atoms with Crippen LogP contribution < -0.4 is 5.32 Å². The van der Waals surface area contributed by atoms with E-state index in [1.54, 1.807) is 47.1 Å². The van der Waals surface area contributed by atoms with E-state index in [4.69, 9.17) is 11.6 Å². The first-order chi connectivity index (χ1) is 12.4. The molecule has 3 rings (SSSR count). The van der Waals surface area contributed by atoms with Crippen molar-refractivity contribution in [2.75, 3.05) is 5.32 Å². The number of nitrogens with one attached hydrogen (secondary N) is 1. The van der Waals surface area contributed by atoms with Gasteiger partial charge < -0.3 is 5.32 Å². The Bertz CT molecular complexity index is 964. The van der Waals surface area contributed by atoms with Crippen LogP contribution in [0.15, 0.2) is 54.6 Å². The maximum Gasteiger partial charge on any atom is 0.246 e. The van der Waals surface area contributed by atoms with Crippen molar-refractivity contribution in [3.8, 4) is 0 Å². The van der Waals surface area contributed by atoms with E-state index in [9.17, 15) is 9.59 Å². The average molecular weight is 368 g/mol. The van der Waals surface area contributed by atoms with Crippen molar-refractivity contribution in [2.45, 2.75) is 20.4 Å². The SMILES string of the molecule is Cc1cc(C)n(CC(=O)Nc2ccc(Cl)cc2C(=O)c2ccccc2)n1. The molecule has 1 aromatic heterocycles. The molecule has 0 unspecified atom stereocenters. The Morgan fingerprint density at radius 2 is 1.81 bits per heavy atom. The monoisotopic (exact) mass is 367 g/mol. The summed E-state index contributed by atoms with van der Waals surface area (Å²) in [5.74, 6) is -0.463. The molecular weight excluding hydrogens is 350 g/mol. The molecule has 0 fully saturated rings. The van der Waals surface area contributed by atoms with Crippen LogP contribution in [0.25, 0.3) is 0 Å². The van der Waals surface area contributed by atoms with Crippen LogP contribution in [0.2, 0.25) is 5.02 Å². The van der Waals surface area contributed by atoms with E-state index < -0.39 is 0 Å². The molecule has 0 saturated heterocycles. The summed E-state index contributed by atoms with van der Waals surface area (Å²) in [6, 6.07) is 15.6. The van der Waals surface area contributed by atoms with Gasteiger partial charge in [-0.1, -0.05) is 41.9 Å². The lowest BCUT2D eigenvalue weighted by atomic mass is 10.0. The lowest BCUT2D eigenvalue weighted by Crippen LogP contribution is -2.21. The number of hydrogen-bond donors (Lipinski definition) is 1. The van der Waals surface area contributed by atoms with Crippen molar-refractivity contribution in [1.82, 2.24) is 9.78 Å². The number of rotatable bonds is 5. The zero-order valence-corrected chi connectivity index (χ0v) is 15.2. The molecule has 3 aromatic rings. The minimum Gasteiger partial charge on any atom is -0.324 e. The van der Waals surface area contributed by atoms with Crippen molar-refractivity contribution in [3.05, 3.63) is 82.1 Å². The van der Waals surface area contributed by atoms with Gasteiger partial charge in [0.2, 0.25) is 5.91 Å². The number of nitrogens with zero attached hydrogens (tertiary/aromatic N) is 2. The molecule has 0 radical (unpaired) electrons. The fraction of sp³-hybridized carbons (Fsp3) is 0.150. The van der Waals surface area contributed by atoms with E-state index in [1.165, 1.54) is 0 Å². The number of aryl methyl sites for hydroxylation is 2. The van der Waals surface area contributed by atoms with E-state index >= 15 is 0 Å². The number of carbonyl (C=O) groups excluding carboxylic acids is 2. The van der Waals surface area contributed by atoms with Crippen LogP contribution >= 0.6 is 11.6 Å². The van der Waals surface area contributed by atoms with Gasteiger partial charge in [-0.15, -0.1) is 0 Å². The lowest BCUT2D eigenvalue weighted by Gasteiger charge is -2.12. The molecule has 1 amide bonds. The third-order valence-electron chi connectivity index (χ3n) is 3.93. The maximum atomic E-state index is 12.8. The minimum absolute atomic E-state index is 0.0707. The van der Waals surface area contributed by atoms with Gasteiger partial charge in [0, 0.05) is 21.8 Å². The summed E-state index contributed by atoms with van der Waals surface area (Å²) in [5, 5.41) is 7.50. The minimum atomic E-state index is -0.263. The summed E-state index contributed by atoms with van der Waals surface area (Å²) >= 11 is 6.06. The number of halogens is 1. The van der Waals surface area contributed by atoms with Gasteiger partial charge in [0.15, 0.2) is 5.78 Å². The quantitative estimate of drug-likeness (QED) is 0.692. The number of aromatic nitrogens is 2. The smallest absolute Gasteiger partial charge is 0.246 e. The Kier molecular flexibility index (Phi) is 5.19. The van der Waals surface area contributed by atoms with Gasteiger partial charge in [0.25, 0.3) is 0 Å². The number of anilines is 1. The highest BCUT2D eigenvalue weighted by molar-refractivity contribution is 6.31. The van der Waals surface area contributed by atoms with Crippen LogP contribution in [0.1, 0.15) is 27.3 Å². The molecular formula is C20H18ClN3O2. The maximum absolute atomic E-state index is 12.8. The van der Waals surface area contributed by atoms with Crippen LogP contribution in [0.3, 0.4) is 0 Å². The van der Waals surface area contributed by atoms with Crippen molar-refractivity contribution < 1.29 is 9.59 Å². The molecule has 2 aromatic carbocycles. The van der Waals surface area contributed by atoms with Crippen LogP contribution in [0.4, 0.5) is 5.69 Å². The van der Waals surface area contributed by atoms with Gasteiger partial charge in [0.05, 0.1) is 11.4 Å². The molecule has 0 aliphatic rings. The Labute approximate surface area is 156 Å². The van der Waals surface area contributed by atoms with Gasteiger partial charge >= 0.3 is 0 Å². The molecule has 5 nitrogen and oxygen atoms in total. The molecule has 132 valence electrons. The fourth-order valence-corrected chi connectivity index (χ4v) is 2.89. The Morgan fingerprint density at radius 1 is 1.08 bits per heavy atom. The number of ketones is 1. The van der Waals surface area contributed by atoms with Crippen molar-refractivity contribution in [2.24, 2.45) is 0 Å². The Morgan fingerprint density at radius 3 is 2.46 bits per heavy atom. The molecule has 1 N–H and O–H groups in total. The molecule has 0 bridgehead atoms. The van der Waals surface area contributed by atoms with Crippen LogP contribution in [-0.4, -0.2) is 21.5 Å². The number of carbonyl (C=O) groups is 2. The first kappa shape index (κ1) is 17.9. The van der Waals surface area contributed by atoms with Gasteiger partial charge in [0.1, 0.15) is 6.54 Å². The van der Waals surface area contributed by atoms with Crippen molar-refractivity contribution >= 4 is 29.0 Å². The van der Waals surface area contributed by atoms with Crippen molar-refractivity contribution in [3.63, 3.8) is 0 Å². The molecule has 0 atom stereocenters. The summed E-state index contributed by atoms with van der Waals surface area (Å²) in [7, 11) is 0. The van der Waals surface area contributed by atoms with E-state index in [2.05, 4.69) is 10.4 Å². The summed E-state index contributed by atoms with van der Waals surface area (Å²) in [6.07, 6.45) is 0. The third kappa shape index (κ3) is 4.00. The molecule has 6 heteroatoms. The molecule has 0 aliphatic carbocycles. The zero-order valence-electron chi connectivity index (χ0n) is 14.5. The van der Waals surface area contributed by atoms with E-state index in [0.29, 0.717) is 21.8 Å². The second-order valence-corrected chi connectivity index (χ2v) is 6.45. The lowest BCUT2D eigenvalue weighted by molar-refractivity contribution is -0.116. The second-order valence-electron chi connectivity index (χ2n) is 6.02. The highest BCUT2D eigenvalue weighted by Gasteiger charge is 2.16. The first-order valence-electron chi connectivity index (χ1n) is 8.14. The van der Waals surface area contributed by atoms with E-state index in [0.717, 1.165) is 11.4 Å².